The molecule has 2 aromatic heterocycles. The van der Waals surface area contributed by atoms with Crippen LogP contribution in [0.25, 0.3) is 0 Å². The maximum atomic E-state index is 5.31. The minimum absolute atomic E-state index is 0.293. The van der Waals surface area contributed by atoms with Crippen LogP contribution in [0.5, 0.6) is 0 Å². The number of hydrogen-bond acceptors (Lipinski definition) is 4. The van der Waals surface area contributed by atoms with Crippen molar-refractivity contribution in [1.82, 2.24) is 20.0 Å². The smallest absolute Gasteiger partial charge is 0.246 e. The molecule has 0 fully saturated rings. The van der Waals surface area contributed by atoms with Crippen LogP contribution in [0.15, 0.2) is 22.9 Å². The fraction of sp³-hybridized carbons (Fsp3) is 0.600. The molecule has 0 aromatic carbocycles. The van der Waals surface area contributed by atoms with Gasteiger partial charge in [0.2, 0.25) is 5.89 Å². The molecule has 0 aliphatic heterocycles. The third-order valence-corrected chi connectivity index (χ3v) is 3.31. The summed E-state index contributed by atoms with van der Waals surface area (Å²) in [5.41, 5.74) is 1.24. The topological polar surface area (TPSA) is 55.9 Å². The first-order chi connectivity index (χ1) is 9.61. The van der Waals surface area contributed by atoms with Gasteiger partial charge in [-0.3, -0.25) is 0 Å². The van der Waals surface area contributed by atoms with Crippen LogP contribution in [-0.2, 0) is 6.54 Å². The number of nitrogens with zero attached hydrogens (tertiary/aromatic N) is 3. The van der Waals surface area contributed by atoms with Crippen LogP contribution < -0.4 is 5.32 Å². The van der Waals surface area contributed by atoms with Crippen molar-refractivity contribution in [3.63, 3.8) is 0 Å². The lowest BCUT2D eigenvalue weighted by atomic mass is 10.2. The van der Waals surface area contributed by atoms with Gasteiger partial charge in [0.15, 0.2) is 5.82 Å². The number of nitrogens with one attached hydrogen (secondary N) is 1. The zero-order valence-corrected chi connectivity index (χ0v) is 12.8. The number of rotatable bonds is 7. The molecule has 1 N–H and O–H groups in total. The molecule has 2 rings (SSSR count). The van der Waals surface area contributed by atoms with Crippen molar-refractivity contribution in [2.45, 2.75) is 52.6 Å². The molecule has 0 radical (unpaired) electrons. The normalized spacial score (nSPS) is 13.1. The van der Waals surface area contributed by atoms with Crippen molar-refractivity contribution in [2.75, 3.05) is 6.54 Å². The summed E-state index contributed by atoms with van der Waals surface area (Å²) in [6.45, 7) is 10.1. The van der Waals surface area contributed by atoms with E-state index in [0.717, 1.165) is 18.8 Å². The predicted octanol–water partition coefficient (Wildman–Crippen LogP) is 3.10. The molecule has 0 spiro atoms. The molecule has 2 aromatic rings. The van der Waals surface area contributed by atoms with Gasteiger partial charge in [-0.05, 0) is 32.0 Å². The van der Waals surface area contributed by atoms with E-state index in [1.807, 2.05) is 0 Å². The lowest BCUT2D eigenvalue weighted by molar-refractivity contribution is 0.361. The van der Waals surface area contributed by atoms with E-state index >= 15 is 0 Å². The minimum Gasteiger partial charge on any atom is -0.341 e. The van der Waals surface area contributed by atoms with Crippen LogP contribution in [-0.4, -0.2) is 21.3 Å². The van der Waals surface area contributed by atoms with Crippen LogP contribution in [0.1, 0.15) is 63.5 Å². The SMILES string of the molecule is CCCNC(C)c1cccn1Cc1nc(C(C)C)no1. The minimum atomic E-state index is 0.293. The number of aromatic nitrogens is 3. The molecule has 20 heavy (non-hydrogen) atoms. The largest absolute Gasteiger partial charge is 0.341 e. The first kappa shape index (κ1) is 14.8. The van der Waals surface area contributed by atoms with Gasteiger partial charge in [-0.2, -0.15) is 4.98 Å². The van der Waals surface area contributed by atoms with Gasteiger partial charge in [-0.1, -0.05) is 25.9 Å². The molecule has 0 saturated carbocycles. The standard InChI is InChI=1S/C15H24N4O/c1-5-8-16-12(4)13-7-6-9-19(13)10-14-17-15(11(2)3)18-20-14/h6-7,9,11-12,16H,5,8,10H2,1-4H3. The molecule has 2 heterocycles. The summed E-state index contributed by atoms with van der Waals surface area (Å²) >= 11 is 0. The summed E-state index contributed by atoms with van der Waals surface area (Å²) in [7, 11) is 0. The van der Waals surface area contributed by atoms with E-state index in [9.17, 15) is 0 Å². The molecule has 5 nitrogen and oxygen atoms in total. The van der Waals surface area contributed by atoms with Gasteiger partial charge in [0, 0.05) is 23.9 Å². The fourth-order valence-corrected chi connectivity index (χ4v) is 2.14. The van der Waals surface area contributed by atoms with Gasteiger partial charge in [-0.25, -0.2) is 0 Å². The Morgan fingerprint density at radius 3 is 2.80 bits per heavy atom. The second kappa shape index (κ2) is 6.70. The van der Waals surface area contributed by atoms with Crippen molar-refractivity contribution < 1.29 is 4.52 Å². The summed E-state index contributed by atoms with van der Waals surface area (Å²) in [4.78, 5) is 4.43. The van der Waals surface area contributed by atoms with E-state index in [2.05, 4.69) is 66.0 Å². The van der Waals surface area contributed by atoms with Gasteiger partial charge in [0.25, 0.3) is 0 Å². The molecule has 0 aliphatic carbocycles. The van der Waals surface area contributed by atoms with Crippen LogP contribution in [0.2, 0.25) is 0 Å². The monoisotopic (exact) mass is 276 g/mol. The summed E-state index contributed by atoms with van der Waals surface area (Å²) in [6.07, 6.45) is 3.19. The molecule has 0 amide bonds. The van der Waals surface area contributed by atoms with Crippen molar-refractivity contribution in [3.8, 4) is 0 Å². The Labute approximate surface area is 120 Å². The zero-order valence-electron chi connectivity index (χ0n) is 12.8. The number of hydrogen-bond donors (Lipinski definition) is 1. The van der Waals surface area contributed by atoms with E-state index in [1.54, 1.807) is 0 Å². The summed E-state index contributed by atoms with van der Waals surface area (Å²) in [6, 6.07) is 4.50. The maximum absolute atomic E-state index is 5.31. The highest BCUT2D eigenvalue weighted by atomic mass is 16.5. The zero-order chi connectivity index (χ0) is 14.5. The van der Waals surface area contributed by atoms with Gasteiger partial charge >= 0.3 is 0 Å². The van der Waals surface area contributed by atoms with Gasteiger partial charge in [0.1, 0.15) is 6.54 Å². The van der Waals surface area contributed by atoms with E-state index in [4.69, 9.17) is 4.52 Å². The molecule has 5 heteroatoms. The van der Waals surface area contributed by atoms with Crippen LogP contribution in [0.3, 0.4) is 0 Å². The van der Waals surface area contributed by atoms with E-state index < -0.39 is 0 Å². The maximum Gasteiger partial charge on any atom is 0.246 e. The van der Waals surface area contributed by atoms with Crippen molar-refractivity contribution >= 4 is 0 Å². The summed E-state index contributed by atoms with van der Waals surface area (Å²) in [5.74, 6) is 1.72. The van der Waals surface area contributed by atoms with Gasteiger partial charge in [0.05, 0.1) is 0 Å². The Hall–Kier alpha value is -1.62. The van der Waals surface area contributed by atoms with Gasteiger partial charge in [-0.15, -0.1) is 0 Å². The van der Waals surface area contributed by atoms with Gasteiger partial charge < -0.3 is 14.4 Å². The Bertz CT molecular complexity index is 529. The molecule has 0 bridgehead atoms. The second-order valence-electron chi connectivity index (χ2n) is 5.44. The highest BCUT2D eigenvalue weighted by molar-refractivity contribution is 5.12. The Morgan fingerprint density at radius 1 is 1.35 bits per heavy atom. The highest BCUT2D eigenvalue weighted by Crippen LogP contribution is 2.16. The predicted molar refractivity (Wildman–Crippen MR) is 78.6 cm³/mol. The van der Waals surface area contributed by atoms with Crippen LogP contribution in [0, 0.1) is 0 Å². The van der Waals surface area contributed by atoms with E-state index in [0.29, 0.717) is 24.4 Å². The molecule has 0 aliphatic rings. The highest BCUT2D eigenvalue weighted by Gasteiger charge is 2.13. The fourth-order valence-electron chi connectivity index (χ4n) is 2.14. The second-order valence-corrected chi connectivity index (χ2v) is 5.44. The molecule has 110 valence electrons. The first-order valence-corrected chi connectivity index (χ1v) is 7.32. The van der Waals surface area contributed by atoms with Crippen molar-refractivity contribution in [2.24, 2.45) is 0 Å². The lowest BCUT2D eigenvalue weighted by Gasteiger charge is -2.15. The average Bonchev–Trinajstić information content (AvgIpc) is 3.05. The van der Waals surface area contributed by atoms with Crippen LogP contribution >= 0.6 is 0 Å². The summed E-state index contributed by atoms with van der Waals surface area (Å²) in [5, 5.41) is 7.50. The molecule has 0 saturated heterocycles. The Morgan fingerprint density at radius 2 is 2.15 bits per heavy atom. The van der Waals surface area contributed by atoms with Crippen LogP contribution in [0.4, 0.5) is 0 Å². The molecule has 1 unspecified atom stereocenters. The molecular weight excluding hydrogens is 252 g/mol. The summed E-state index contributed by atoms with van der Waals surface area (Å²) < 4.78 is 7.47. The van der Waals surface area contributed by atoms with Crippen molar-refractivity contribution in [1.29, 1.82) is 0 Å². The molecular formula is C15H24N4O. The molecule has 1 atom stereocenters. The first-order valence-electron chi connectivity index (χ1n) is 7.32. The van der Waals surface area contributed by atoms with Crippen molar-refractivity contribution in [3.05, 3.63) is 35.7 Å². The Kier molecular flexibility index (Phi) is 4.95. The quantitative estimate of drug-likeness (QED) is 0.844. The van der Waals surface area contributed by atoms with E-state index in [-0.39, 0.29) is 0 Å². The Balaban J connectivity index is 2.07. The third-order valence-electron chi connectivity index (χ3n) is 3.31. The lowest BCUT2D eigenvalue weighted by Crippen LogP contribution is -2.22. The average molecular weight is 276 g/mol. The van der Waals surface area contributed by atoms with E-state index in [1.165, 1.54) is 5.69 Å². The third kappa shape index (κ3) is 3.48.